The number of hydrogen-bond acceptors (Lipinski definition) is 3. The van der Waals surface area contributed by atoms with Gasteiger partial charge in [-0.2, -0.15) is 5.10 Å². The summed E-state index contributed by atoms with van der Waals surface area (Å²) in [7, 11) is 1.83. The first-order chi connectivity index (χ1) is 11.7. The number of rotatable bonds is 6. The standard InChI is InChI=1S/C19H19N3OS/c1-21(19(23)15-24-18-10-6-3-7-11-18)13-16-12-20-22(14-16)17-8-4-2-5-9-17/h2-12,14H,13,15H2,1H3. The maximum absolute atomic E-state index is 12.3. The van der Waals surface area contributed by atoms with Crippen LogP contribution in [-0.2, 0) is 11.3 Å². The van der Waals surface area contributed by atoms with Crippen LogP contribution in [0.25, 0.3) is 5.69 Å². The zero-order valence-electron chi connectivity index (χ0n) is 13.5. The van der Waals surface area contributed by atoms with Gasteiger partial charge in [0.15, 0.2) is 0 Å². The molecular formula is C19H19N3OS. The van der Waals surface area contributed by atoms with Gasteiger partial charge in [-0.05, 0) is 24.3 Å². The Morgan fingerprint density at radius 3 is 2.46 bits per heavy atom. The summed E-state index contributed by atoms with van der Waals surface area (Å²) in [6, 6.07) is 19.9. The minimum Gasteiger partial charge on any atom is -0.341 e. The first kappa shape index (κ1) is 16.3. The van der Waals surface area contributed by atoms with Crippen molar-refractivity contribution in [3.05, 3.63) is 78.6 Å². The van der Waals surface area contributed by atoms with Gasteiger partial charge in [-0.15, -0.1) is 11.8 Å². The molecule has 0 N–H and O–H groups in total. The third-order valence-electron chi connectivity index (χ3n) is 3.61. The molecule has 0 fully saturated rings. The smallest absolute Gasteiger partial charge is 0.232 e. The zero-order valence-corrected chi connectivity index (χ0v) is 14.3. The SMILES string of the molecule is CN(Cc1cnn(-c2ccccc2)c1)C(=O)CSc1ccccc1. The van der Waals surface area contributed by atoms with Crippen LogP contribution in [0.3, 0.4) is 0 Å². The van der Waals surface area contributed by atoms with Crippen molar-refractivity contribution in [3.8, 4) is 5.69 Å². The Kier molecular flexibility index (Phi) is 5.33. The van der Waals surface area contributed by atoms with Gasteiger partial charge < -0.3 is 4.90 Å². The summed E-state index contributed by atoms with van der Waals surface area (Å²) in [5.41, 5.74) is 2.02. The minimum atomic E-state index is 0.108. The van der Waals surface area contributed by atoms with Gasteiger partial charge in [-0.1, -0.05) is 36.4 Å². The van der Waals surface area contributed by atoms with E-state index in [0.29, 0.717) is 12.3 Å². The highest BCUT2D eigenvalue weighted by molar-refractivity contribution is 8.00. The number of carbonyl (C=O) groups excluding carboxylic acids is 1. The molecule has 0 spiro atoms. The van der Waals surface area contributed by atoms with Gasteiger partial charge in [0.25, 0.3) is 0 Å². The van der Waals surface area contributed by atoms with Crippen LogP contribution in [0.4, 0.5) is 0 Å². The maximum atomic E-state index is 12.3. The largest absolute Gasteiger partial charge is 0.341 e. The maximum Gasteiger partial charge on any atom is 0.232 e. The van der Waals surface area contributed by atoms with Crippen LogP contribution < -0.4 is 0 Å². The van der Waals surface area contributed by atoms with Crippen LogP contribution in [0.2, 0.25) is 0 Å². The fourth-order valence-corrected chi connectivity index (χ4v) is 3.16. The van der Waals surface area contributed by atoms with Gasteiger partial charge in [-0.3, -0.25) is 4.79 Å². The number of amides is 1. The lowest BCUT2D eigenvalue weighted by Crippen LogP contribution is -2.27. The van der Waals surface area contributed by atoms with Crippen LogP contribution in [0.1, 0.15) is 5.56 Å². The normalized spacial score (nSPS) is 10.5. The van der Waals surface area contributed by atoms with Crippen molar-refractivity contribution in [2.45, 2.75) is 11.4 Å². The lowest BCUT2D eigenvalue weighted by molar-refractivity contribution is -0.127. The Bertz CT molecular complexity index is 787. The van der Waals surface area contributed by atoms with E-state index in [1.54, 1.807) is 22.9 Å². The van der Waals surface area contributed by atoms with E-state index in [0.717, 1.165) is 16.1 Å². The predicted octanol–water partition coefficient (Wildman–Crippen LogP) is 3.62. The number of thioether (sulfide) groups is 1. The summed E-state index contributed by atoms with van der Waals surface area (Å²) in [4.78, 5) is 15.1. The molecule has 1 heterocycles. The number of hydrogen-bond donors (Lipinski definition) is 0. The van der Waals surface area contributed by atoms with Crippen LogP contribution >= 0.6 is 11.8 Å². The van der Waals surface area contributed by atoms with E-state index < -0.39 is 0 Å². The third-order valence-corrected chi connectivity index (χ3v) is 4.60. The summed E-state index contributed by atoms with van der Waals surface area (Å²) < 4.78 is 1.83. The molecule has 0 aliphatic rings. The lowest BCUT2D eigenvalue weighted by Gasteiger charge is -2.15. The van der Waals surface area contributed by atoms with Gasteiger partial charge in [0, 0.05) is 30.2 Å². The highest BCUT2D eigenvalue weighted by atomic mass is 32.2. The van der Waals surface area contributed by atoms with Gasteiger partial charge in [-0.25, -0.2) is 4.68 Å². The molecule has 0 bridgehead atoms. The molecule has 3 rings (SSSR count). The number of nitrogens with zero attached hydrogens (tertiary/aromatic N) is 3. The number of carbonyl (C=O) groups is 1. The van der Waals surface area contributed by atoms with Crippen LogP contribution in [0.15, 0.2) is 78.0 Å². The molecule has 0 saturated heterocycles. The summed E-state index contributed by atoms with van der Waals surface area (Å²) in [5.74, 6) is 0.546. The molecule has 0 unspecified atom stereocenters. The van der Waals surface area contributed by atoms with Crippen molar-refractivity contribution in [1.82, 2.24) is 14.7 Å². The summed E-state index contributed by atoms with van der Waals surface area (Å²) >= 11 is 1.56. The zero-order chi connectivity index (χ0) is 16.8. The van der Waals surface area contributed by atoms with Gasteiger partial charge >= 0.3 is 0 Å². The molecule has 0 atom stereocenters. The lowest BCUT2D eigenvalue weighted by atomic mass is 10.3. The van der Waals surface area contributed by atoms with Crippen molar-refractivity contribution in [2.24, 2.45) is 0 Å². The molecule has 1 amide bonds. The van der Waals surface area contributed by atoms with Crippen molar-refractivity contribution >= 4 is 17.7 Å². The fourth-order valence-electron chi connectivity index (χ4n) is 2.30. The van der Waals surface area contributed by atoms with E-state index in [1.807, 2.05) is 78.6 Å². The highest BCUT2D eigenvalue weighted by Crippen LogP contribution is 2.17. The summed E-state index contributed by atoms with van der Waals surface area (Å²) in [6.45, 7) is 0.557. The second-order valence-corrected chi connectivity index (χ2v) is 6.53. The van der Waals surface area contributed by atoms with E-state index in [4.69, 9.17) is 0 Å². The topological polar surface area (TPSA) is 38.1 Å². The number of benzene rings is 2. The first-order valence-corrected chi connectivity index (χ1v) is 8.72. The van der Waals surface area contributed by atoms with E-state index in [1.165, 1.54) is 0 Å². The molecule has 4 nitrogen and oxygen atoms in total. The molecule has 2 aromatic carbocycles. The Morgan fingerprint density at radius 1 is 1.08 bits per heavy atom. The van der Waals surface area contributed by atoms with Crippen LogP contribution in [-0.4, -0.2) is 33.4 Å². The molecule has 5 heteroatoms. The van der Waals surface area contributed by atoms with E-state index in [9.17, 15) is 4.79 Å². The number of para-hydroxylation sites is 1. The van der Waals surface area contributed by atoms with Crippen molar-refractivity contribution in [2.75, 3.05) is 12.8 Å². The Hall–Kier alpha value is -2.53. The molecule has 0 aliphatic heterocycles. The molecule has 0 aliphatic carbocycles. The second-order valence-electron chi connectivity index (χ2n) is 5.48. The van der Waals surface area contributed by atoms with Crippen LogP contribution in [0, 0.1) is 0 Å². The van der Waals surface area contributed by atoms with Gasteiger partial charge in [0.05, 0.1) is 17.6 Å². The molecule has 1 aromatic heterocycles. The van der Waals surface area contributed by atoms with E-state index in [2.05, 4.69) is 5.10 Å². The van der Waals surface area contributed by atoms with E-state index in [-0.39, 0.29) is 5.91 Å². The minimum absolute atomic E-state index is 0.108. The highest BCUT2D eigenvalue weighted by Gasteiger charge is 2.11. The van der Waals surface area contributed by atoms with Crippen molar-refractivity contribution in [3.63, 3.8) is 0 Å². The molecular weight excluding hydrogens is 318 g/mol. The Morgan fingerprint density at radius 2 is 1.75 bits per heavy atom. The molecule has 122 valence electrons. The molecule has 24 heavy (non-hydrogen) atoms. The molecule has 0 saturated carbocycles. The van der Waals surface area contributed by atoms with Gasteiger partial charge in [0.1, 0.15) is 0 Å². The Labute approximate surface area is 146 Å². The predicted molar refractivity (Wildman–Crippen MR) is 97.2 cm³/mol. The Balaban J connectivity index is 1.55. The quantitative estimate of drug-likeness (QED) is 0.645. The third kappa shape index (κ3) is 4.26. The first-order valence-electron chi connectivity index (χ1n) is 7.73. The van der Waals surface area contributed by atoms with Gasteiger partial charge in [0.2, 0.25) is 5.91 Å². The summed E-state index contributed by atoms with van der Waals surface area (Å²) in [5, 5.41) is 4.37. The monoisotopic (exact) mass is 337 g/mol. The molecule has 0 radical (unpaired) electrons. The average Bonchev–Trinajstić information content (AvgIpc) is 3.10. The average molecular weight is 337 g/mol. The molecule has 3 aromatic rings. The second kappa shape index (κ2) is 7.84. The summed E-state index contributed by atoms with van der Waals surface area (Å²) in [6.07, 6.45) is 3.77. The van der Waals surface area contributed by atoms with Crippen molar-refractivity contribution in [1.29, 1.82) is 0 Å². The van der Waals surface area contributed by atoms with Crippen LogP contribution in [0.5, 0.6) is 0 Å². The number of aromatic nitrogens is 2. The fraction of sp³-hybridized carbons (Fsp3) is 0.158. The van der Waals surface area contributed by atoms with E-state index >= 15 is 0 Å². The van der Waals surface area contributed by atoms with Crippen molar-refractivity contribution < 1.29 is 4.79 Å².